The zero-order chi connectivity index (χ0) is 51.2. The van der Waals surface area contributed by atoms with E-state index < -0.39 is 0 Å². The molecule has 2 heterocycles. The molecule has 0 bridgehead atoms. The Morgan fingerprint density at radius 3 is 1.49 bits per heavy atom. The van der Waals surface area contributed by atoms with Crippen molar-refractivity contribution >= 4 is 61.0 Å². The zero-order valence-corrected chi connectivity index (χ0v) is 42.3. The fourth-order valence-corrected chi connectivity index (χ4v) is 11.6. The quantitative estimate of drug-likeness (QED) is 0.125. The second-order valence-electron chi connectivity index (χ2n) is 20.1. The Kier molecular flexibility index (Phi) is 11.5. The van der Waals surface area contributed by atoms with Gasteiger partial charge in [-0.3, -0.25) is 10.1 Å². The Bertz CT molecular complexity index is 4410. The van der Waals surface area contributed by atoms with Crippen molar-refractivity contribution in [2.45, 2.75) is 12.3 Å². The summed E-state index contributed by atoms with van der Waals surface area (Å²) in [6, 6.07) is 95.6. The van der Waals surface area contributed by atoms with E-state index in [0.717, 1.165) is 78.4 Å². The van der Waals surface area contributed by atoms with Gasteiger partial charge < -0.3 is 9.98 Å². The van der Waals surface area contributed by atoms with E-state index in [1.54, 1.807) is 0 Å². The van der Waals surface area contributed by atoms with Gasteiger partial charge in [-0.05, 0) is 133 Å². The Labute approximate surface area is 448 Å². The molecule has 13 aromatic rings. The van der Waals surface area contributed by atoms with Crippen molar-refractivity contribution in [3.63, 3.8) is 0 Å². The number of fused-ring (bicyclic) bond motifs is 7. The molecular formula is C73H52N4. The Morgan fingerprint density at radius 2 is 0.883 bits per heavy atom. The molecule has 0 fully saturated rings. The van der Waals surface area contributed by atoms with Gasteiger partial charge in [-0.1, -0.05) is 231 Å². The minimum atomic E-state index is 0.275. The molecule has 4 nitrogen and oxygen atoms in total. The Morgan fingerprint density at radius 1 is 0.416 bits per heavy atom. The van der Waals surface area contributed by atoms with E-state index in [1.807, 2.05) is 18.2 Å². The lowest BCUT2D eigenvalue weighted by molar-refractivity contribution is 0.825. The van der Waals surface area contributed by atoms with Gasteiger partial charge in [-0.25, -0.2) is 0 Å². The third-order valence-electron chi connectivity index (χ3n) is 15.6. The molecule has 14 rings (SSSR count). The van der Waals surface area contributed by atoms with Crippen LogP contribution in [0.5, 0.6) is 0 Å². The van der Waals surface area contributed by atoms with Crippen LogP contribution in [-0.4, -0.2) is 15.0 Å². The maximum Gasteiger partial charge on any atom is 0.0710 e. The second kappa shape index (κ2) is 19.3. The van der Waals surface area contributed by atoms with E-state index >= 15 is 0 Å². The normalized spacial score (nSPS) is 13.4. The van der Waals surface area contributed by atoms with Crippen LogP contribution in [0.1, 0.15) is 33.9 Å². The smallest absolute Gasteiger partial charge is 0.0710 e. The number of nitrogens with zero attached hydrogens (tertiary/aromatic N) is 2. The number of nitrogens with one attached hydrogen (secondary N) is 2. The maximum atomic E-state index is 9.59. The first kappa shape index (κ1) is 45.6. The van der Waals surface area contributed by atoms with Gasteiger partial charge in [0, 0.05) is 33.2 Å². The van der Waals surface area contributed by atoms with Crippen LogP contribution in [0.15, 0.2) is 279 Å². The van der Waals surface area contributed by atoms with Crippen LogP contribution in [0.25, 0.3) is 105 Å². The number of benzene rings is 11. The third kappa shape index (κ3) is 8.43. The standard InChI is InChI=1S/C73H52N4/c74-67(56-32-28-53(29-33-56)49-16-5-1-6-17-49)48-68(57-34-30-54(31-35-57)50-18-7-2-8-19-50)75-77-72-42-38-59(52-22-11-4-12-23-52)45-65(72)66-47-61(39-43-73(66)77)60-37-41-71-64(46-60)63-44-58(51-20-9-3-10-21-51)36-40-70(63)76(71)69-27-15-25-55-24-13-14-26-62(55)69/h1-43,45-48,58,74-75H,44H2/b68-48-,74-67?. The summed E-state index contributed by atoms with van der Waals surface area (Å²) in [4.78, 5) is 0. The first-order valence-electron chi connectivity index (χ1n) is 26.5. The number of hydrogen-bond donors (Lipinski definition) is 2. The van der Waals surface area contributed by atoms with Crippen LogP contribution in [0.4, 0.5) is 0 Å². The highest BCUT2D eigenvalue weighted by atomic mass is 15.4. The maximum absolute atomic E-state index is 9.59. The lowest BCUT2D eigenvalue weighted by atomic mass is 9.86. The third-order valence-corrected chi connectivity index (χ3v) is 15.6. The SMILES string of the molecule is N=C(/C=C(\Nn1c2ccc(-c3ccccc3)cc2c2cc(-c3ccc4c(c3)c3c(n4-c4cccc5ccccc45)C=CC(c4ccccc4)C3)ccc21)c1ccc(-c2ccccc2)cc1)c1ccc(-c2ccccc2)cc1. The molecule has 1 aliphatic rings. The average molecular weight is 985 g/mol. The van der Waals surface area contributed by atoms with Gasteiger partial charge in [0.05, 0.1) is 33.6 Å². The molecule has 0 saturated carbocycles. The van der Waals surface area contributed by atoms with Crippen molar-refractivity contribution in [3.8, 4) is 50.2 Å². The van der Waals surface area contributed by atoms with Gasteiger partial charge in [0.25, 0.3) is 0 Å². The largest absolute Gasteiger partial charge is 0.309 e. The predicted molar refractivity (Wildman–Crippen MR) is 324 cm³/mol. The molecule has 77 heavy (non-hydrogen) atoms. The minimum Gasteiger partial charge on any atom is -0.309 e. The fraction of sp³-hybridized carbons (Fsp3) is 0.0274. The second-order valence-corrected chi connectivity index (χ2v) is 20.1. The molecule has 1 atom stereocenters. The number of rotatable bonds is 11. The molecule has 364 valence electrons. The molecule has 0 radical (unpaired) electrons. The summed E-state index contributed by atoms with van der Waals surface area (Å²) in [5, 5.41) is 15.6. The monoisotopic (exact) mass is 984 g/mol. The number of hydrogen-bond acceptors (Lipinski definition) is 2. The summed E-state index contributed by atoms with van der Waals surface area (Å²) in [6.07, 6.45) is 7.64. The molecule has 0 spiro atoms. The molecule has 2 N–H and O–H groups in total. The van der Waals surface area contributed by atoms with Crippen molar-refractivity contribution in [2.75, 3.05) is 5.43 Å². The highest BCUT2D eigenvalue weighted by Gasteiger charge is 2.25. The van der Waals surface area contributed by atoms with Gasteiger partial charge in [0.1, 0.15) is 0 Å². The van der Waals surface area contributed by atoms with E-state index in [1.165, 1.54) is 55.3 Å². The Balaban J connectivity index is 0.913. The number of aromatic nitrogens is 2. The van der Waals surface area contributed by atoms with E-state index in [9.17, 15) is 5.41 Å². The summed E-state index contributed by atoms with van der Waals surface area (Å²) >= 11 is 0. The van der Waals surface area contributed by atoms with Crippen LogP contribution in [-0.2, 0) is 6.42 Å². The van der Waals surface area contributed by atoms with Crippen LogP contribution >= 0.6 is 0 Å². The van der Waals surface area contributed by atoms with Crippen molar-refractivity contribution in [3.05, 3.63) is 307 Å². The van der Waals surface area contributed by atoms with Crippen LogP contribution in [0.2, 0.25) is 0 Å². The average Bonchev–Trinajstić information content (AvgIpc) is 4.01. The molecule has 0 saturated heterocycles. The molecule has 2 aromatic heterocycles. The summed E-state index contributed by atoms with van der Waals surface area (Å²) in [5.41, 5.74) is 24.6. The van der Waals surface area contributed by atoms with E-state index in [2.05, 4.69) is 282 Å². The zero-order valence-electron chi connectivity index (χ0n) is 42.3. The molecule has 1 aliphatic carbocycles. The van der Waals surface area contributed by atoms with E-state index in [4.69, 9.17) is 0 Å². The highest BCUT2D eigenvalue weighted by molar-refractivity contribution is 6.13. The van der Waals surface area contributed by atoms with Crippen LogP contribution < -0.4 is 5.43 Å². The van der Waals surface area contributed by atoms with Crippen LogP contribution in [0.3, 0.4) is 0 Å². The van der Waals surface area contributed by atoms with Crippen molar-refractivity contribution in [1.82, 2.24) is 9.24 Å². The van der Waals surface area contributed by atoms with Gasteiger partial charge in [0.15, 0.2) is 0 Å². The predicted octanol–water partition coefficient (Wildman–Crippen LogP) is 18.6. The lowest BCUT2D eigenvalue weighted by Crippen LogP contribution is -2.14. The summed E-state index contributed by atoms with van der Waals surface area (Å²) in [5.74, 6) is 0.275. The minimum absolute atomic E-state index is 0.275. The molecule has 4 heteroatoms. The van der Waals surface area contributed by atoms with Crippen LogP contribution in [0, 0.1) is 5.41 Å². The van der Waals surface area contributed by atoms with Gasteiger partial charge in [-0.15, -0.1) is 0 Å². The van der Waals surface area contributed by atoms with Gasteiger partial charge in [0.2, 0.25) is 0 Å². The fourth-order valence-electron chi connectivity index (χ4n) is 11.6. The first-order valence-corrected chi connectivity index (χ1v) is 26.5. The summed E-state index contributed by atoms with van der Waals surface area (Å²) in [7, 11) is 0. The summed E-state index contributed by atoms with van der Waals surface area (Å²) < 4.78 is 4.70. The molecular weight excluding hydrogens is 933 g/mol. The van der Waals surface area contributed by atoms with Gasteiger partial charge >= 0.3 is 0 Å². The highest BCUT2D eigenvalue weighted by Crippen LogP contribution is 2.42. The topological polar surface area (TPSA) is 45.7 Å². The van der Waals surface area contributed by atoms with Crippen molar-refractivity contribution in [1.29, 1.82) is 5.41 Å². The Hall–Kier alpha value is -10.0. The van der Waals surface area contributed by atoms with E-state index in [-0.39, 0.29) is 5.92 Å². The molecule has 0 aliphatic heterocycles. The van der Waals surface area contributed by atoms with Crippen molar-refractivity contribution < 1.29 is 0 Å². The molecule has 11 aromatic carbocycles. The van der Waals surface area contributed by atoms with Crippen molar-refractivity contribution in [2.24, 2.45) is 0 Å². The summed E-state index contributed by atoms with van der Waals surface area (Å²) in [6.45, 7) is 0. The number of allylic oxidation sites excluding steroid dienone is 2. The molecule has 0 amide bonds. The van der Waals surface area contributed by atoms with E-state index in [0.29, 0.717) is 5.71 Å². The lowest BCUT2D eigenvalue weighted by Gasteiger charge is -2.20. The first-order chi connectivity index (χ1) is 38.1. The van der Waals surface area contributed by atoms with Gasteiger partial charge in [-0.2, -0.15) is 0 Å². The molecule has 1 unspecified atom stereocenters.